The van der Waals surface area contributed by atoms with Crippen molar-refractivity contribution < 1.29 is 4.79 Å². The average Bonchev–Trinajstić information content (AvgIpc) is 3.21. The number of hydrogen-bond donors (Lipinski definition) is 1. The molecule has 1 aromatic rings. The van der Waals surface area contributed by atoms with Crippen molar-refractivity contribution in [1.82, 2.24) is 24.9 Å². The van der Waals surface area contributed by atoms with E-state index in [9.17, 15) is 4.79 Å². The van der Waals surface area contributed by atoms with Gasteiger partial charge in [0.1, 0.15) is 0 Å². The van der Waals surface area contributed by atoms with E-state index < -0.39 is 0 Å². The van der Waals surface area contributed by atoms with Crippen LogP contribution in [-0.4, -0.2) is 70.3 Å². The Balaban J connectivity index is 1.43. The first-order valence-electron chi connectivity index (χ1n) is 8.98. The monoisotopic (exact) mass is 319 g/mol. The molecule has 0 aromatic carbocycles. The van der Waals surface area contributed by atoms with Gasteiger partial charge in [-0.05, 0) is 44.8 Å². The summed E-state index contributed by atoms with van der Waals surface area (Å²) in [4.78, 5) is 17.1. The van der Waals surface area contributed by atoms with E-state index >= 15 is 0 Å². The van der Waals surface area contributed by atoms with Crippen molar-refractivity contribution in [3.63, 3.8) is 0 Å². The number of rotatable bonds is 6. The van der Waals surface area contributed by atoms with Crippen molar-refractivity contribution >= 4 is 5.91 Å². The number of nitrogens with one attached hydrogen (secondary N) is 1. The van der Waals surface area contributed by atoms with Gasteiger partial charge >= 0.3 is 0 Å². The van der Waals surface area contributed by atoms with Gasteiger partial charge in [-0.3, -0.25) is 14.4 Å². The summed E-state index contributed by atoms with van der Waals surface area (Å²) < 4.78 is 1.97. The Bertz CT molecular complexity index is 481. The maximum Gasteiger partial charge on any atom is 0.234 e. The molecule has 6 heteroatoms. The van der Waals surface area contributed by atoms with Crippen molar-refractivity contribution in [2.24, 2.45) is 0 Å². The summed E-state index contributed by atoms with van der Waals surface area (Å²) in [5.41, 5.74) is 0. The van der Waals surface area contributed by atoms with Gasteiger partial charge in [0.15, 0.2) is 0 Å². The number of amides is 1. The fourth-order valence-electron chi connectivity index (χ4n) is 3.79. The minimum absolute atomic E-state index is 0.187. The number of carbonyl (C=O) groups is 1. The van der Waals surface area contributed by atoms with E-state index in [-0.39, 0.29) is 5.91 Å². The zero-order valence-corrected chi connectivity index (χ0v) is 14.2. The number of aromatic nitrogens is 2. The summed E-state index contributed by atoms with van der Waals surface area (Å²) in [7, 11) is 0. The third-order valence-corrected chi connectivity index (χ3v) is 5.20. The normalized spacial score (nSPS) is 24.1. The lowest BCUT2D eigenvalue weighted by atomic mass is 10.1. The number of carbonyl (C=O) groups excluding carboxylic acids is 1. The minimum Gasteiger partial charge on any atom is -0.352 e. The van der Waals surface area contributed by atoms with Crippen LogP contribution in [-0.2, 0) is 11.3 Å². The SMILES string of the molecule is CCN1CCC(NC(=O)CN2CCC[C@H]2Cn2cccn2)CC1. The second-order valence-electron chi connectivity index (χ2n) is 6.77. The van der Waals surface area contributed by atoms with Crippen LogP contribution in [0.1, 0.15) is 32.6 Å². The van der Waals surface area contributed by atoms with E-state index in [2.05, 4.69) is 27.1 Å². The first-order chi connectivity index (χ1) is 11.2. The molecule has 2 aliphatic heterocycles. The second-order valence-corrected chi connectivity index (χ2v) is 6.77. The minimum atomic E-state index is 0.187. The molecule has 2 aliphatic rings. The van der Waals surface area contributed by atoms with Crippen molar-refractivity contribution in [3.8, 4) is 0 Å². The molecule has 1 N–H and O–H groups in total. The Morgan fingerprint density at radius 2 is 2.09 bits per heavy atom. The summed E-state index contributed by atoms with van der Waals surface area (Å²) >= 11 is 0. The fraction of sp³-hybridized carbons (Fsp3) is 0.765. The van der Waals surface area contributed by atoms with Crippen molar-refractivity contribution in [1.29, 1.82) is 0 Å². The van der Waals surface area contributed by atoms with E-state index in [0.717, 1.165) is 52.0 Å². The van der Waals surface area contributed by atoms with Crippen LogP contribution in [0.2, 0.25) is 0 Å². The maximum atomic E-state index is 12.4. The molecule has 0 bridgehead atoms. The molecule has 0 aliphatic carbocycles. The van der Waals surface area contributed by atoms with Crippen molar-refractivity contribution in [3.05, 3.63) is 18.5 Å². The molecule has 0 unspecified atom stereocenters. The first-order valence-corrected chi connectivity index (χ1v) is 8.98. The van der Waals surface area contributed by atoms with Gasteiger partial charge in [-0.15, -0.1) is 0 Å². The standard InChI is InChI=1S/C17H29N5O/c1-2-20-11-6-15(7-12-20)19-17(23)14-21-9-3-5-16(21)13-22-10-4-8-18-22/h4,8,10,15-16H,2-3,5-7,9,11-14H2,1H3,(H,19,23)/t16-/m0/s1. The highest BCUT2D eigenvalue weighted by molar-refractivity contribution is 5.78. The molecule has 0 radical (unpaired) electrons. The van der Waals surface area contributed by atoms with E-state index in [0.29, 0.717) is 18.6 Å². The van der Waals surface area contributed by atoms with Gasteiger partial charge in [0.05, 0.1) is 13.1 Å². The van der Waals surface area contributed by atoms with Gasteiger partial charge in [-0.2, -0.15) is 5.10 Å². The third kappa shape index (κ3) is 4.54. The number of nitrogens with zero attached hydrogens (tertiary/aromatic N) is 4. The van der Waals surface area contributed by atoms with Crippen molar-refractivity contribution in [2.75, 3.05) is 32.7 Å². The van der Waals surface area contributed by atoms with E-state index in [1.165, 1.54) is 6.42 Å². The molecule has 2 saturated heterocycles. The largest absolute Gasteiger partial charge is 0.352 e. The lowest BCUT2D eigenvalue weighted by Gasteiger charge is -2.32. The molecule has 3 heterocycles. The molecule has 1 atom stereocenters. The van der Waals surface area contributed by atoms with E-state index in [1.807, 2.05) is 23.1 Å². The predicted octanol–water partition coefficient (Wildman–Crippen LogP) is 0.948. The quantitative estimate of drug-likeness (QED) is 0.848. The topological polar surface area (TPSA) is 53.4 Å². The van der Waals surface area contributed by atoms with Gasteiger partial charge in [0.25, 0.3) is 0 Å². The predicted molar refractivity (Wildman–Crippen MR) is 90.1 cm³/mol. The van der Waals surface area contributed by atoms with Crippen LogP contribution in [0.25, 0.3) is 0 Å². The lowest BCUT2D eigenvalue weighted by molar-refractivity contribution is -0.123. The molecule has 3 rings (SSSR count). The highest BCUT2D eigenvalue weighted by Crippen LogP contribution is 2.18. The van der Waals surface area contributed by atoms with Crippen LogP contribution in [0.3, 0.4) is 0 Å². The number of likely N-dealkylation sites (tertiary alicyclic amines) is 2. The zero-order valence-electron chi connectivity index (χ0n) is 14.2. The Morgan fingerprint density at radius 3 is 2.78 bits per heavy atom. The van der Waals surface area contributed by atoms with Crippen molar-refractivity contribution in [2.45, 2.75) is 51.2 Å². The molecular weight excluding hydrogens is 290 g/mol. The molecule has 6 nitrogen and oxygen atoms in total. The Labute approximate surface area is 138 Å². The summed E-state index contributed by atoms with van der Waals surface area (Å²) in [6.45, 7) is 7.96. The summed E-state index contributed by atoms with van der Waals surface area (Å²) in [5, 5.41) is 7.53. The molecular formula is C17H29N5O. The smallest absolute Gasteiger partial charge is 0.234 e. The molecule has 128 valence electrons. The second kappa shape index (κ2) is 7.93. The van der Waals surface area contributed by atoms with Gasteiger partial charge in [0, 0.05) is 37.6 Å². The van der Waals surface area contributed by atoms with Crippen LogP contribution in [0, 0.1) is 0 Å². The first kappa shape index (κ1) is 16.5. The number of hydrogen-bond acceptors (Lipinski definition) is 4. The molecule has 0 saturated carbocycles. The highest BCUT2D eigenvalue weighted by Gasteiger charge is 2.27. The molecule has 23 heavy (non-hydrogen) atoms. The van der Waals surface area contributed by atoms with E-state index in [4.69, 9.17) is 0 Å². The van der Waals surface area contributed by atoms with Gasteiger partial charge in [-0.25, -0.2) is 0 Å². The summed E-state index contributed by atoms with van der Waals surface area (Å²) in [5.74, 6) is 0.187. The Kier molecular flexibility index (Phi) is 5.67. The van der Waals surface area contributed by atoms with Crippen LogP contribution in [0.15, 0.2) is 18.5 Å². The molecule has 2 fully saturated rings. The maximum absolute atomic E-state index is 12.4. The third-order valence-electron chi connectivity index (χ3n) is 5.20. The molecule has 1 aromatic heterocycles. The fourth-order valence-corrected chi connectivity index (χ4v) is 3.79. The van der Waals surface area contributed by atoms with E-state index in [1.54, 1.807) is 0 Å². The van der Waals surface area contributed by atoms with Crippen LogP contribution < -0.4 is 5.32 Å². The lowest BCUT2D eigenvalue weighted by Crippen LogP contribution is -2.48. The average molecular weight is 319 g/mol. The number of piperidine rings is 1. The van der Waals surface area contributed by atoms with Crippen LogP contribution >= 0.6 is 0 Å². The van der Waals surface area contributed by atoms with Crippen LogP contribution in [0.5, 0.6) is 0 Å². The van der Waals surface area contributed by atoms with Crippen LogP contribution in [0.4, 0.5) is 0 Å². The van der Waals surface area contributed by atoms with Gasteiger partial charge < -0.3 is 10.2 Å². The zero-order chi connectivity index (χ0) is 16.1. The Hall–Kier alpha value is -1.40. The summed E-state index contributed by atoms with van der Waals surface area (Å²) in [6.07, 6.45) is 8.30. The molecule has 0 spiro atoms. The summed E-state index contributed by atoms with van der Waals surface area (Å²) in [6, 6.07) is 2.74. The molecule has 1 amide bonds. The van der Waals surface area contributed by atoms with Gasteiger partial charge in [-0.1, -0.05) is 6.92 Å². The van der Waals surface area contributed by atoms with Gasteiger partial charge in [0.2, 0.25) is 5.91 Å². The Morgan fingerprint density at radius 1 is 1.26 bits per heavy atom. The highest BCUT2D eigenvalue weighted by atomic mass is 16.2.